The number of para-hydroxylation sites is 1. The Bertz CT molecular complexity index is 1910. The summed E-state index contributed by atoms with van der Waals surface area (Å²) in [6, 6.07) is 8.41. The van der Waals surface area contributed by atoms with E-state index in [1.807, 2.05) is 70.2 Å². The molecule has 2 aromatic heterocycles. The standard InChI is InChI=1S/C43H60N6O9/c1-8-34-43(7)37(49-41(53)58-43)27(5)45-20-24(2)19-42(6,54-15-11-12-28-17-30-13-9-10-14-33(30)46-21-28)38(57-40-36(51)32(44)16-25(3)55-40)26(4)35(50)31(39(52)56-34)18-29-22-47-48-23-29/h9-14,17,21-27,31-32,34,36-38,40,45,51H,8,15-16,18-20,44H2,1-7H3,(H,47,48)(H,49,53)/b12-11+/t24-,25?,26+,27-,31?,32?,34-,36?,37-,38-,40+,42-,43-/m1/s1. The Labute approximate surface area is 340 Å². The van der Waals surface area contributed by atoms with Crippen LogP contribution in [0.4, 0.5) is 4.79 Å². The van der Waals surface area contributed by atoms with E-state index < -0.39 is 77.6 Å². The molecular formula is C43H60N6O9. The van der Waals surface area contributed by atoms with Gasteiger partial charge in [-0.2, -0.15) is 5.10 Å². The molecule has 5 heterocycles. The maximum absolute atomic E-state index is 15.1. The van der Waals surface area contributed by atoms with Crippen LogP contribution in [-0.4, -0.2) is 111 Å². The summed E-state index contributed by atoms with van der Waals surface area (Å²) in [6.45, 7) is 13.7. The number of fused-ring (bicyclic) bond motifs is 2. The van der Waals surface area contributed by atoms with Gasteiger partial charge >= 0.3 is 12.1 Å². The third kappa shape index (κ3) is 9.61. The number of carbonyl (C=O) groups is 3. The van der Waals surface area contributed by atoms with Gasteiger partial charge in [0, 0.05) is 35.8 Å². The van der Waals surface area contributed by atoms with Crippen LogP contribution in [0.3, 0.4) is 0 Å². The second-order valence-electron chi connectivity index (χ2n) is 16.8. The zero-order valence-corrected chi connectivity index (χ0v) is 34.6. The molecule has 4 unspecified atom stereocenters. The van der Waals surface area contributed by atoms with Crippen molar-refractivity contribution in [3.8, 4) is 0 Å². The number of pyridine rings is 1. The largest absolute Gasteiger partial charge is 0.457 e. The van der Waals surface area contributed by atoms with Crippen molar-refractivity contribution in [1.82, 2.24) is 25.8 Å². The molecule has 316 valence electrons. The molecule has 58 heavy (non-hydrogen) atoms. The second-order valence-corrected chi connectivity index (χ2v) is 16.8. The number of carbonyl (C=O) groups excluding carboxylic acids is 3. The molecule has 3 aliphatic heterocycles. The first kappa shape index (κ1) is 43.3. The van der Waals surface area contributed by atoms with E-state index in [-0.39, 0.29) is 31.1 Å². The smallest absolute Gasteiger partial charge is 0.408 e. The summed E-state index contributed by atoms with van der Waals surface area (Å²) in [6.07, 6.45) is 4.66. The molecule has 6 rings (SSSR count). The van der Waals surface area contributed by atoms with Crippen molar-refractivity contribution in [3.05, 3.63) is 66.1 Å². The van der Waals surface area contributed by atoms with Gasteiger partial charge in [0.25, 0.3) is 0 Å². The van der Waals surface area contributed by atoms with Crippen LogP contribution >= 0.6 is 0 Å². The molecule has 6 N–H and O–H groups in total. The molecule has 1 aromatic carbocycles. The number of Topliss-reactive ketones (excluding diaryl/α,β-unsaturated/α-hetero) is 1. The molecule has 3 aliphatic rings. The van der Waals surface area contributed by atoms with E-state index in [9.17, 15) is 14.7 Å². The Morgan fingerprint density at radius 2 is 1.88 bits per heavy atom. The van der Waals surface area contributed by atoms with Gasteiger partial charge in [-0.1, -0.05) is 51.1 Å². The van der Waals surface area contributed by atoms with Crippen LogP contribution in [0, 0.1) is 17.8 Å². The Morgan fingerprint density at radius 3 is 2.62 bits per heavy atom. The Hall–Kier alpha value is -4.25. The first-order valence-electron chi connectivity index (χ1n) is 20.5. The van der Waals surface area contributed by atoms with E-state index in [1.165, 1.54) is 0 Å². The monoisotopic (exact) mass is 804 g/mol. The van der Waals surface area contributed by atoms with Crippen molar-refractivity contribution in [3.63, 3.8) is 0 Å². The van der Waals surface area contributed by atoms with Gasteiger partial charge in [0.1, 0.15) is 18.1 Å². The molecule has 0 radical (unpaired) electrons. The molecule has 3 saturated heterocycles. The fourth-order valence-electron chi connectivity index (χ4n) is 8.94. The highest BCUT2D eigenvalue weighted by atomic mass is 16.7. The van der Waals surface area contributed by atoms with E-state index in [2.05, 4.69) is 32.7 Å². The molecule has 1 amide bonds. The van der Waals surface area contributed by atoms with Crippen LogP contribution in [0.2, 0.25) is 0 Å². The zero-order valence-electron chi connectivity index (χ0n) is 34.6. The number of aromatic amines is 1. The molecule has 13 atom stereocenters. The molecule has 0 bridgehead atoms. The van der Waals surface area contributed by atoms with Crippen LogP contribution in [0.1, 0.15) is 78.9 Å². The van der Waals surface area contributed by atoms with E-state index in [0.29, 0.717) is 31.4 Å². The van der Waals surface area contributed by atoms with Crippen molar-refractivity contribution in [2.24, 2.45) is 23.5 Å². The number of benzene rings is 1. The average molecular weight is 805 g/mol. The van der Waals surface area contributed by atoms with Gasteiger partial charge in [-0.15, -0.1) is 0 Å². The second kappa shape index (κ2) is 18.3. The number of nitrogens with one attached hydrogen (secondary N) is 3. The van der Waals surface area contributed by atoms with Crippen molar-refractivity contribution in [2.45, 2.75) is 134 Å². The first-order valence-corrected chi connectivity index (χ1v) is 20.5. The number of nitrogens with zero attached hydrogens (tertiary/aromatic N) is 2. The highest BCUT2D eigenvalue weighted by Crippen LogP contribution is 2.38. The minimum absolute atomic E-state index is 0.0151. The van der Waals surface area contributed by atoms with Crippen LogP contribution < -0.4 is 16.4 Å². The summed E-state index contributed by atoms with van der Waals surface area (Å²) in [7, 11) is 0. The summed E-state index contributed by atoms with van der Waals surface area (Å²) in [5, 5.41) is 25.6. The summed E-state index contributed by atoms with van der Waals surface area (Å²) in [4.78, 5) is 46.9. The normalized spacial score (nSPS) is 36.8. The Balaban J connectivity index is 1.40. The number of aromatic nitrogens is 3. The van der Waals surface area contributed by atoms with E-state index in [0.717, 1.165) is 16.5 Å². The number of esters is 1. The van der Waals surface area contributed by atoms with Gasteiger partial charge in [0.05, 0.1) is 42.2 Å². The lowest BCUT2D eigenvalue weighted by Crippen LogP contribution is -2.60. The van der Waals surface area contributed by atoms with E-state index in [4.69, 9.17) is 29.4 Å². The number of amides is 1. The predicted octanol–water partition coefficient (Wildman–Crippen LogP) is 4.23. The third-order valence-corrected chi connectivity index (χ3v) is 12.0. The maximum Gasteiger partial charge on any atom is 0.408 e. The fourth-order valence-corrected chi connectivity index (χ4v) is 8.94. The summed E-state index contributed by atoms with van der Waals surface area (Å²) in [5.41, 5.74) is 6.32. The number of aliphatic hydroxyl groups is 1. The number of hydrogen-bond acceptors (Lipinski definition) is 13. The van der Waals surface area contributed by atoms with Crippen molar-refractivity contribution < 1.29 is 43.2 Å². The number of nitrogens with two attached hydrogens (primary N) is 1. The SMILES string of the molecule is CC[C@H]1OC(=O)C(Cc2cn[nH]c2)C(=O)[C@H](C)[C@@H](O[C@@H]2OC(C)CC(N)C2O)[C@](C)(OC/C=C/c2cnc3ccccc3c2)C[C@@H](C)CN[C@H](C)[C@H]2NC(=O)O[C@@]21C. The van der Waals surface area contributed by atoms with Gasteiger partial charge in [0.2, 0.25) is 0 Å². The number of rotatable bonds is 9. The maximum atomic E-state index is 15.1. The summed E-state index contributed by atoms with van der Waals surface area (Å²) >= 11 is 0. The van der Waals surface area contributed by atoms with Crippen LogP contribution in [0.25, 0.3) is 17.0 Å². The van der Waals surface area contributed by atoms with Gasteiger partial charge in [-0.3, -0.25) is 19.7 Å². The average Bonchev–Trinajstić information content (AvgIpc) is 3.83. The molecule has 0 spiro atoms. The van der Waals surface area contributed by atoms with E-state index >= 15 is 4.79 Å². The molecule has 15 nitrogen and oxygen atoms in total. The predicted molar refractivity (Wildman–Crippen MR) is 216 cm³/mol. The lowest BCUT2D eigenvalue weighted by atomic mass is 9.77. The zero-order chi connectivity index (χ0) is 41.8. The van der Waals surface area contributed by atoms with Crippen molar-refractivity contribution >= 4 is 34.8 Å². The Morgan fingerprint density at radius 1 is 1.10 bits per heavy atom. The molecule has 3 fully saturated rings. The minimum atomic E-state index is -1.30. The number of ether oxygens (including phenoxy) is 5. The summed E-state index contributed by atoms with van der Waals surface area (Å²) in [5.74, 6) is -3.61. The van der Waals surface area contributed by atoms with Crippen molar-refractivity contribution in [1.29, 1.82) is 0 Å². The number of cyclic esters (lactones) is 1. The summed E-state index contributed by atoms with van der Waals surface area (Å²) < 4.78 is 31.8. The lowest BCUT2D eigenvalue weighted by Gasteiger charge is -2.46. The van der Waals surface area contributed by atoms with Gasteiger partial charge in [0.15, 0.2) is 17.7 Å². The molecule has 3 aromatic rings. The van der Waals surface area contributed by atoms with Crippen LogP contribution in [0.5, 0.6) is 0 Å². The van der Waals surface area contributed by atoms with Crippen molar-refractivity contribution in [2.75, 3.05) is 13.2 Å². The number of ketones is 1. The number of aliphatic hydroxyl groups excluding tert-OH is 1. The number of hydrogen-bond donors (Lipinski definition) is 5. The lowest BCUT2D eigenvalue weighted by molar-refractivity contribution is -0.290. The minimum Gasteiger partial charge on any atom is -0.457 e. The number of H-pyrrole nitrogens is 1. The highest BCUT2D eigenvalue weighted by Gasteiger charge is 2.55. The fraction of sp³-hybridized carbons (Fsp3) is 0.605. The molecule has 0 aliphatic carbocycles. The Kier molecular flexibility index (Phi) is 13.7. The van der Waals surface area contributed by atoms with Gasteiger partial charge < -0.3 is 45.2 Å². The van der Waals surface area contributed by atoms with E-state index in [1.54, 1.807) is 32.4 Å². The van der Waals surface area contributed by atoms with Crippen LogP contribution in [0.15, 0.2) is 55.0 Å². The quantitative estimate of drug-likeness (QED) is 0.152. The topological polar surface area (TPSA) is 209 Å². The van der Waals surface area contributed by atoms with Gasteiger partial charge in [-0.05, 0) is 89.1 Å². The molecule has 15 heteroatoms. The first-order chi connectivity index (χ1) is 27.6. The highest BCUT2D eigenvalue weighted by molar-refractivity contribution is 6.00. The molecular weight excluding hydrogens is 745 g/mol. The van der Waals surface area contributed by atoms with Crippen LogP contribution in [-0.2, 0) is 39.7 Å². The third-order valence-electron chi connectivity index (χ3n) is 12.0. The van der Waals surface area contributed by atoms with Gasteiger partial charge in [-0.25, -0.2) is 4.79 Å². The molecule has 0 saturated carbocycles. The number of alkyl carbamates (subject to hydrolysis) is 1.